The van der Waals surface area contributed by atoms with Gasteiger partial charge >= 0.3 is 6.18 Å². The highest BCUT2D eigenvalue weighted by Gasteiger charge is 2.31. The Balaban J connectivity index is 2.40. The summed E-state index contributed by atoms with van der Waals surface area (Å²) in [5.74, 6) is -0.172. The lowest BCUT2D eigenvalue weighted by Crippen LogP contribution is -2.09. The van der Waals surface area contributed by atoms with Crippen molar-refractivity contribution < 1.29 is 18.0 Å². The number of benzene rings is 1. The molecule has 98 valence electrons. The number of hydrogen-bond donors (Lipinski definition) is 0. The zero-order valence-corrected chi connectivity index (χ0v) is 9.90. The summed E-state index contributed by atoms with van der Waals surface area (Å²) in [6.07, 6.45) is -3.08. The van der Waals surface area contributed by atoms with Gasteiger partial charge in [0.05, 0.1) is 5.56 Å². The smallest absolute Gasteiger partial charge is 0.287 e. The molecule has 1 aromatic carbocycles. The summed E-state index contributed by atoms with van der Waals surface area (Å²) in [5, 5.41) is 0. The van der Waals surface area contributed by atoms with Crippen LogP contribution in [-0.2, 0) is 6.18 Å². The van der Waals surface area contributed by atoms with E-state index in [2.05, 4.69) is 9.97 Å². The van der Waals surface area contributed by atoms with Crippen LogP contribution >= 0.6 is 0 Å². The minimum atomic E-state index is -4.47. The summed E-state index contributed by atoms with van der Waals surface area (Å²) in [6, 6.07) is 5.64. The van der Waals surface area contributed by atoms with Gasteiger partial charge in [-0.05, 0) is 25.1 Å². The van der Waals surface area contributed by atoms with Crippen molar-refractivity contribution >= 4 is 5.78 Å². The van der Waals surface area contributed by atoms with Crippen molar-refractivity contribution in [1.29, 1.82) is 0 Å². The van der Waals surface area contributed by atoms with Crippen molar-refractivity contribution in [1.82, 2.24) is 9.97 Å². The van der Waals surface area contributed by atoms with Crippen LogP contribution in [0.1, 0.15) is 27.4 Å². The SMILES string of the molecule is Cc1nccc(C(=O)c2cccc(C(F)(F)F)c2)n1. The molecule has 0 aliphatic heterocycles. The minimum Gasteiger partial charge on any atom is -0.287 e. The van der Waals surface area contributed by atoms with Crippen molar-refractivity contribution in [3.8, 4) is 0 Å². The second kappa shape index (κ2) is 4.79. The highest BCUT2D eigenvalue weighted by molar-refractivity contribution is 6.07. The van der Waals surface area contributed by atoms with E-state index in [0.717, 1.165) is 12.1 Å². The maximum Gasteiger partial charge on any atom is 0.416 e. The Morgan fingerprint density at radius 3 is 2.58 bits per heavy atom. The van der Waals surface area contributed by atoms with Gasteiger partial charge in [0.1, 0.15) is 11.5 Å². The monoisotopic (exact) mass is 266 g/mol. The number of aryl methyl sites for hydroxylation is 1. The molecule has 0 fully saturated rings. The topological polar surface area (TPSA) is 42.9 Å². The predicted octanol–water partition coefficient (Wildman–Crippen LogP) is 3.03. The number of hydrogen-bond acceptors (Lipinski definition) is 3. The second-order valence-corrected chi connectivity index (χ2v) is 3.90. The van der Waals surface area contributed by atoms with Gasteiger partial charge in [0.25, 0.3) is 0 Å². The Labute approximate surface area is 107 Å². The average molecular weight is 266 g/mol. The molecule has 0 spiro atoms. The van der Waals surface area contributed by atoms with Crippen molar-refractivity contribution in [2.75, 3.05) is 0 Å². The van der Waals surface area contributed by atoms with Crippen LogP contribution < -0.4 is 0 Å². The molecule has 2 aromatic rings. The van der Waals surface area contributed by atoms with Gasteiger partial charge in [-0.3, -0.25) is 4.79 Å². The molecule has 0 aliphatic carbocycles. The Morgan fingerprint density at radius 1 is 1.21 bits per heavy atom. The lowest BCUT2D eigenvalue weighted by molar-refractivity contribution is -0.137. The van der Waals surface area contributed by atoms with Crippen LogP contribution in [0.15, 0.2) is 36.5 Å². The fraction of sp³-hybridized carbons (Fsp3) is 0.154. The molecule has 1 aromatic heterocycles. The van der Waals surface area contributed by atoms with E-state index in [1.165, 1.54) is 24.4 Å². The third-order valence-corrected chi connectivity index (χ3v) is 2.46. The third kappa shape index (κ3) is 2.96. The molecular weight excluding hydrogens is 257 g/mol. The van der Waals surface area contributed by atoms with Crippen molar-refractivity contribution in [3.63, 3.8) is 0 Å². The van der Waals surface area contributed by atoms with Crippen LogP contribution in [0.5, 0.6) is 0 Å². The molecule has 0 N–H and O–H groups in total. The van der Waals surface area contributed by atoms with Gasteiger partial charge in [-0.2, -0.15) is 13.2 Å². The Morgan fingerprint density at radius 2 is 1.95 bits per heavy atom. The molecule has 19 heavy (non-hydrogen) atoms. The highest BCUT2D eigenvalue weighted by atomic mass is 19.4. The van der Waals surface area contributed by atoms with E-state index >= 15 is 0 Å². The van der Waals surface area contributed by atoms with Crippen LogP contribution in [0.3, 0.4) is 0 Å². The lowest BCUT2D eigenvalue weighted by Gasteiger charge is -2.08. The van der Waals surface area contributed by atoms with E-state index in [-0.39, 0.29) is 11.3 Å². The van der Waals surface area contributed by atoms with Crippen LogP contribution in [0.25, 0.3) is 0 Å². The maximum absolute atomic E-state index is 12.6. The molecule has 0 atom stereocenters. The van der Waals surface area contributed by atoms with Crippen molar-refractivity contribution in [2.45, 2.75) is 13.1 Å². The van der Waals surface area contributed by atoms with Gasteiger partial charge in [0, 0.05) is 11.8 Å². The summed E-state index contributed by atoms with van der Waals surface area (Å²) >= 11 is 0. The summed E-state index contributed by atoms with van der Waals surface area (Å²) in [6.45, 7) is 1.60. The average Bonchev–Trinajstić information content (AvgIpc) is 2.37. The van der Waals surface area contributed by atoms with Crippen LogP contribution in [-0.4, -0.2) is 15.8 Å². The van der Waals surface area contributed by atoms with E-state index in [0.29, 0.717) is 5.82 Å². The first-order valence-corrected chi connectivity index (χ1v) is 5.39. The van der Waals surface area contributed by atoms with E-state index in [1.807, 2.05) is 0 Å². The molecule has 1 heterocycles. The molecule has 0 unspecified atom stereocenters. The van der Waals surface area contributed by atoms with Gasteiger partial charge in [0.2, 0.25) is 5.78 Å². The molecule has 6 heteroatoms. The summed E-state index contributed by atoms with van der Waals surface area (Å²) < 4.78 is 37.7. The Bertz CT molecular complexity index is 623. The molecule has 0 saturated heterocycles. The fourth-order valence-electron chi connectivity index (χ4n) is 1.57. The van der Waals surface area contributed by atoms with E-state index < -0.39 is 17.5 Å². The standard InChI is InChI=1S/C13H9F3N2O/c1-8-17-6-5-11(18-8)12(19)9-3-2-4-10(7-9)13(14,15)16/h2-7H,1H3. The quantitative estimate of drug-likeness (QED) is 0.785. The number of rotatable bonds is 2. The van der Waals surface area contributed by atoms with Crippen molar-refractivity contribution in [2.24, 2.45) is 0 Å². The van der Waals surface area contributed by atoms with E-state index in [1.54, 1.807) is 6.92 Å². The third-order valence-electron chi connectivity index (χ3n) is 2.46. The normalized spacial score (nSPS) is 11.4. The molecule has 2 rings (SSSR count). The number of halogens is 3. The van der Waals surface area contributed by atoms with Crippen LogP contribution in [0, 0.1) is 6.92 Å². The molecule has 0 saturated carbocycles. The lowest BCUT2D eigenvalue weighted by atomic mass is 10.0. The number of nitrogens with zero attached hydrogens (tertiary/aromatic N) is 2. The number of carbonyl (C=O) groups is 1. The first kappa shape index (κ1) is 13.2. The fourth-order valence-corrected chi connectivity index (χ4v) is 1.57. The predicted molar refractivity (Wildman–Crippen MR) is 61.6 cm³/mol. The maximum atomic E-state index is 12.6. The van der Waals surface area contributed by atoms with Gasteiger partial charge < -0.3 is 0 Å². The molecular formula is C13H9F3N2O. The van der Waals surface area contributed by atoms with Gasteiger partial charge in [-0.15, -0.1) is 0 Å². The van der Waals surface area contributed by atoms with Crippen molar-refractivity contribution in [3.05, 3.63) is 59.2 Å². The number of ketones is 1. The van der Waals surface area contributed by atoms with Gasteiger partial charge in [-0.1, -0.05) is 12.1 Å². The molecule has 0 bridgehead atoms. The summed E-state index contributed by atoms with van der Waals surface area (Å²) in [4.78, 5) is 19.7. The zero-order chi connectivity index (χ0) is 14.0. The second-order valence-electron chi connectivity index (χ2n) is 3.90. The minimum absolute atomic E-state index is 0.0482. The zero-order valence-electron chi connectivity index (χ0n) is 9.90. The number of aromatic nitrogens is 2. The number of alkyl halides is 3. The molecule has 0 radical (unpaired) electrons. The van der Waals surface area contributed by atoms with Gasteiger partial charge in [-0.25, -0.2) is 9.97 Å². The van der Waals surface area contributed by atoms with E-state index in [4.69, 9.17) is 0 Å². The first-order valence-electron chi connectivity index (χ1n) is 5.39. The molecule has 0 amide bonds. The Hall–Kier alpha value is -2.24. The molecule has 0 aliphatic rings. The Kier molecular flexibility index (Phi) is 3.33. The highest BCUT2D eigenvalue weighted by Crippen LogP contribution is 2.29. The van der Waals surface area contributed by atoms with E-state index in [9.17, 15) is 18.0 Å². The summed E-state index contributed by atoms with van der Waals surface area (Å²) in [7, 11) is 0. The number of carbonyl (C=O) groups excluding carboxylic acids is 1. The summed E-state index contributed by atoms with van der Waals surface area (Å²) in [5.41, 5.74) is -0.830. The van der Waals surface area contributed by atoms with Crippen LogP contribution in [0.4, 0.5) is 13.2 Å². The van der Waals surface area contributed by atoms with Crippen LogP contribution in [0.2, 0.25) is 0 Å². The largest absolute Gasteiger partial charge is 0.416 e. The first-order chi connectivity index (χ1) is 8.88. The van der Waals surface area contributed by atoms with Gasteiger partial charge in [0.15, 0.2) is 0 Å². The molecule has 3 nitrogen and oxygen atoms in total.